The van der Waals surface area contributed by atoms with Crippen molar-refractivity contribution in [3.05, 3.63) is 46.2 Å². The van der Waals surface area contributed by atoms with E-state index in [0.717, 1.165) is 0 Å². The lowest BCUT2D eigenvalue weighted by atomic mass is 10.3. The van der Waals surface area contributed by atoms with Gasteiger partial charge in [-0.15, -0.1) is 0 Å². The molecule has 4 nitrogen and oxygen atoms in total. The molecule has 0 spiro atoms. The Morgan fingerprint density at radius 2 is 1.78 bits per heavy atom. The van der Waals surface area contributed by atoms with Gasteiger partial charge in [0.2, 0.25) is 0 Å². The number of nitrogens with two attached hydrogens (primary N) is 1. The highest BCUT2D eigenvalue weighted by Gasteiger charge is 2.10. The molecule has 2 rings (SSSR count). The zero-order valence-electron chi connectivity index (χ0n) is 9.05. The van der Waals surface area contributed by atoms with Gasteiger partial charge in [0.15, 0.2) is 11.6 Å². The normalized spacial score (nSPS) is 10.2. The summed E-state index contributed by atoms with van der Waals surface area (Å²) in [7, 11) is 0. The lowest BCUT2D eigenvalue weighted by Gasteiger charge is -2.11. The van der Waals surface area contributed by atoms with Gasteiger partial charge < -0.3 is 10.7 Å². The summed E-state index contributed by atoms with van der Waals surface area (Å²) in [5.74, 6) is 5.35. The third-order valence-electron chi connectivity index (χ3n) is 2.19. The van der Waals surface area contributed by atoms with Crippen molar-refractivity contribution in [2.24, 2.45) is 5.84 Å². The number of rotatable bonds is 3. The highest BCUT2D eigenvalue weighted by molar-refractivity contribution is 6.37. The van der Waals surface area contributed by atoms with Gasteiger partial charge >= 0.3 is 0 Å². The Hall–Kier alpha value is -1.56. The molecule has 1 aromatic carbocycles. The van der Waals surface area contributed by atoms with E-state index in [1.54, 1.807) is 18.2 Å². The van der Waals surface area contributed by atoms with Gasteiger partial charge in [-0.1, -0.05) is 35.3 Å². The second-order valence-corrected chi connectivity index (χ2v) is 4.21. The van der Waals surface area contributed by atoms with Crippen molar-refractivity contribution in [3.63, 3.8) is 0 Å². The summed E-state index contributed by atoms with van der Waals surface area (Å²) in [4.78, 5) is 4.05. The standard InChI is InChI=1S/C11H9Cl2FN4/c12-6-5-7(13)11(18-15)17-10(6)16-9-4-2-1-3-8(9)14/h1-5H,15H2,(H2,16,17,18). The Balaban J connectivity index is 2.38. The fourth-order valence-electron chi connectivity index (χ4n) is 1.35. The predicted octanol–water partition coefficient (Wildman–Crippen LogP) is 3.56. The highest BCUT2D eigenvalue weighted by atomic mass is 35.5. The molecule has 0 amide bonds. The van der Waals surface area contributed by atoms with Crippen molar-refractivity contribution in [3.8, 4) is 0 Å². The zero-order valence-corrected chi connectivity index (χ0v) is 10.6. The Labute approximate surface area is 113 Å². The van der Waals surface area contributed by atoms with Crippen LogP contribution >= 0.6 is 23.2 Å². The number of halogens is 3. The van der Waals surface area contributed by atoms with Crippen LogP contribution in [0.5, 0.6) is 0 Å². The highest BCUT2D eigenvalue weighted by Crippen LogP contribution is 2.31. The van der Waals surface area contributed by atoms with Gasteiger partial charge in [-0.25, -0.2) is 15.2 Å². The van der Waals surface area contributed by atoms with Gasteiger partial charge in [-0.2, -0.15) is 0 Å². The van der Waals surface area contributed by atoms with Gasteiger partial charge in [0.1, 0.15) is 5.82 Å². The van der Waals surface area contributed by atoms with Gasteiger partial charge in [-0.05, 0) is 18.2 Å². The average molecular weight is 287 g/mol. The van der Waals surface area contributed by atoms with Crippen molar-refractivity contribution in [1.82, 2.24) is 4.98 Å². The summed E-state index contributed by atoms with van der Waals surface area (Å²) in [5, 5.41) is 3.32. The minimum absolute atomic E-state index is 0.250. The largest absolute Gasteiger partial charge is 0.337 e. The molecule has 4 N–H and O–H groups in total. The molecule has 1 aromatic heterocycles. The molecule has 94 valence electrons. The first-order chi connectivity index (χ1) is 8.61. The number of hydrazine groups is 1. The van der Waals surface area contributed by atoms with Crippen LogP contribution in [-0.4, -0.2) is 4.98 Å². The maximum Gasteiger partial charge on any atom is 0.161 e. The summed E-state index contributed by atoms with van der Waals surface area (Å²) >= 11 is 11.8. The third kappa shape index (κ3) is 2.64. The van der Waals surface area contributed by atoms with E-state index in [1.807, 2.05) is 0 Å². The second-order valence-electron chi connectivity index (χ2n) is 3.40. The maximum absolute atomic E-state index is 13.5. The maximum atomic E-state index is 13.5. The molecule has 0 aliphatic rings. The van der Waals surface area contributed by atoms with Gasteiger partial charge in [-0.3, -0.25) is 0 Å². The van der Waals surface area contributed by atoms with E-state index in [2.05, 4.69) is 15.7 Å². The molecule has 0 radical (unpaired) electrons. The topological polar surface area (TPSA) is 63.0 Å². The predicted molar refractivity (Wildman–Crippen MR) is 71.7 cm³/mol. The van der Waals surface area contributed by atoms with Crippen LogP contribution in [0.4, 0.5) is 21.7 Å². The first-order valence-electron chi connectivity index (χ1n) is 4.96. The number of nitrogen functional groups attached to an aromatic ring is 1. The van der Waals surface area contributed by atoms with Crippen molar-refractivity contribution >= 4 is 40.5 Å². The van der Waals surface area contributed by atoms with E-state index in [1.165, 1.54) is 12.1 Å². The lowest BCUT2D eigenvalue weighted by Crippen LogP contribution is -2.10. The molecule has 0 aliphatic heterocycles. The molecule has 0 bridgehead atoms. The van der Waals surface area contributed by atoms with Crippen molar-refractivity contribution < 1.29 is 4.39 Å². The summed E-state index contributed by atoms with van der Waals surface area (Å²) < 4.78 is 13.5. The number of pyridine rings is 1. The Kier molecular flexibility index (Phi) is 3.86. The molecule has 0 aliphatic carbocycles. The lowest BCUT2D eigenvalue weighted by molar-refractivity contribution is 0.632. The van der Waals surface area contributed by atoms with E-state index in [0.29, 0.717) is 0 Å². The van der Waals surface area contributed by atoms with Crippen molar-refractivity contribution in [2.75, 3.05) is 10.7 Å². The number of para-hydroxylation sites is 1. The van der Waals surface area contributed by atoms with E-state index in [-0.39, 0.29) is 27.4 Å². The molecule has 2 aromatic rings. The first-order valence-corrected chi connectivity index (χ1v) is 5.71. The molecule has 0 saturated carbocycles. The molecule has 0 saturated heterocycles. The minimum Gasteiger partial charge on any atom is -0.337 e. The Morgan fingerprint density at radius 3 is 2.44 bits per heavy atom. The Morgan fingerprint density at radius 1 is 1.11 bits per heavy atom. The monoisotopic (exact) mass is 286 g/mol. The number of anilines is 3. The average Bonchev–Trinajstić information content (AvgIpc) is 2.35. The first kappa shape index (κ1) is 12.9. The third-order valence-corrected chi connectivity index (χ3v) is 2.77. The minimum atomic E-state index is -0.410. The molecule has 18 heavy (non-hydrogen) atoms. The summed E-state index contributed by atoms with van der Waals surface area (Å²) in [6.45, 7) is 0. The molecule has 0 atom stereocenters. The fraction of sp³-hybridized carbons (Fsp3) is 0. The van der Waals surface area contributed by atoms with E-state index >= 15 is 0 Å². The van der Waals surface area contributed by atoms with Gasteiger partial charge in [0.25, 0.3) is 0 Å². The molecule has 0 fully saturated rings. The van der Waals surface area contributed by atoms with E-state index in [9.17, 15) is 4.39 Å². The van der Waals surface area contributed by atoms with Gasteiger partial charge in [0, 0.05) is 0 Å². The van der Waals surface area contributed by atoms with Crippen molar-refractivity contribution in [2.45, 2.75) is 0 Å². The van der Waals surface area contributed by atoms with Crippen LogP contribution in [0.25, 0.3) is 0 Å². The molecular formula is C11H9Cl2FN4. The van der Waals surface area contributed by atoms with Crippen LogP contribution in [0.15, 0.2) is 30.3 Å². The molecule has 0 unspecified atom stereocenters. The number of benzene rings is 1. The molecule has 1 heterocycles. The van der Waals surface area contributed by atoms with Crippen LogP contribution in [0.3, 0.4) is 0 Å². The summed E-state index contributed by atoms with van der Waals surface area (Å²) in [5.41, 5.74) is 2.59. The molecular weight excluding hydrogens is 278 g/mol. The summed E-state index contributed by atoms with van der Waals surface area (Å²) in [6.07, 6.45) is 0. The Bertz CT molecular complexity index is 577. The quantitative estimate of drug-likeness (QED) is 0.596. The summed E-state index contributed by atoms with van der Waals surface area (Å²) in [6, 6.07) is 7.64. The second kappa shape index (κ2) is 5.39. The number of aromatic nitrogens is 1. The number of hydrogen-bond acceptors (Lipinski definition) is 4. The molecule has 7 heteroatoms. The van der Waals surface area contributed by atoms with E-state index < -0.39 is 5.82 Å². The SMILES string of the molecule is NNc1nc(Nc2ccccc2F)c(Cl)cc1Cl. The van der Waals surface area contributed by atoms with Crippen molar-refractivity contribution in [1.29, 1.82) is 0 Å². The van der Waals surface area contributed by atoms with Gasteiger partial charge in [0.05, 0.1) is 15.7 Å². The van der Waals surface area contributed by atoms with E-state index in [4.69, 9.17) is 29.0 Å². The number of nitrogens with zero attached hydrogens (tertiary/aromatic N) is 1. The van der Waals surface area contributed by atoms with Crippen LogP contribution < -0.4 is 16.6 Å². The smallest absolute Gasteiger partial charge is 0.161 e. The van der Waals surface area contributed by atoms with Crippen LogP contribution in [0.2, 0.25) is 10.0 Å². The fourth-order valence-corrected chi connectivity index (χ4v) is 1.81. The number of hydrogen-bond donors (Lipinski definition) is 3. The van der Waals surface area contributed by atoms with Crippen LogP contribution in [0.1, 0.15) is 0 Å². The van der Waals surface area contributed by atoms with Crippen LogP contribution in [-0.2, 0) is 0 Å². The number of nitrogens with one attached hydrogen (secondary N) is 2. The van der Waals surface area contributed by atoms with Crippen LogP contribution in [0, 0.1) is 5.82 Å². The zero-order chi connectivity index (χ0) is 13.1.